The Morgan fingerprint density at radius 1 is 1.08 bits per heavy atom. The van der Waals surface area contributed by atoms with Gasteiger partial charge in [-0.2, -0.15) is 0 Å². The largest absolute Gasteiger partial charge is 0.393 e. The Morgan fingerprint density at radius 2 is 1.77 bits per heavy atom. The molecule has 0 unspecified atom stereocenters. The number of likely N-dealkylation sites (N-methyl/N-ethyl adjacent to an activating group) is 1. The molecule has 3 N–H and O–H groups in total. The van der Waals surface area contributed by atoms with Crippen LogP contribution in [0.2, 0.25) is 0 Å². The predicted octanol–water partition coefficient (Wildman–Crippen LogP) is -1.06. The van der Waals surface area contributed by atoms with Crippen LogP contribution in [0.3, 0.4) is 0 Å². The first kappa shape index (κ1) is 9.40. The number of hydrogen-bond donors (Lipinski definition) is 3. The molecule has 2 rings (SSSR count). The average Bonchev–Trinajstić information content (AvgIpc) is 2.06. The molecule has 0 spiro atoms. The van der Waals surface area contributed by atoms with Gasteiger partial charge in [-0.25, -0.2) is 0 Å². The summed E-state index contributed by atoms with van der Waals surface area (Å²) in [5.41, 5.74) is 0. The first-order chi connectivity index (χ1) is 6.09. The van der Waals surface area contributed by atoms with E-state index in [0.717, 1.165) is 6.42 Å². The fourth-order valence-corrected chi connectivity index (χ4v) is 2.61. The van der Waals surface area contributed by atoms with E-state index >= 15 is 0 Å². The van der Waals surface area contributed by atoms with Crippen molar-refractivity contribution in [3.8, 4) is 0 Å². The highest BCUT2D eigenvalue weighted by atomic mass is 16.3. The van der Waals surface area contributed by atoms with E-state index in [0.29, 0.717) is 12.8 Å². The molecule has 0 amide bonds. The minimum Gasteiger partial charge on any atom is -0.393 e. The van der Waals surface area contributed by atoms with E-state index in [1.807, 2.05) is 7.05 Å². The SMILES string of the molecule is CN1[C@H]2C[C@H](O)C[C@@H]1[C@@H](O)[C@@H](O)C2. The van der Waals surface area contributed by atoms with Crippen molar-refractivity contribution in [3.05, 3.63) is 0 Å². The number of hydrogen-bond acceptors (Lipinski definition) is 4. The van der Waals surface area contributed by atoms with E-state index in [4.69, 9.17) is 0 Å². The Kier molecular flexibility index (Phi) is 2.32. The maximum Gasteiger partial charge on any atom is 0.0955 e. The summed E-state index contributed by atoms with van der Waals surface area (Å²) < 4.78 is 0. The van der Waals surface area contributed by atoms with Crippen molar-refractivity contribution < 1.29 is 15.3 Å². The van der Waals surface area contributed by atoms with Crippen molar-refractivity contribution in [1.29, 1.82) is 0 Å². The standard InChI is InChI=1S/C9H17NO3/c1-10-5-2-6(11)4-7(10)9(13)8(12)3-5/h5-9,11-13H,2-4H2,1H3/t5-,6-,7+,8-,9+/m0/s1. The quantitative estimate of drug-likeness (QED) is 0.452. The van der Waals surface area contributed by atoms with E-state index in [9.17, 15) is 15.3 Å². The van der Waals surface area contributed by atoms with Crippen LogP contribution in [0, 0.1) is 0 Å². The summed E-state index contributed by atoms with van der Waals surface area (Å²) in [4.78, 5) is 2.09. The minimum absolute atomic E-state index is 0.0718. The van der Waals surface area contributed by atoms with Crippen LogP contribution in [-0.4, -0.2) is 57.7 Å². The molecule has 76 valence electrons. The molecular formula is C9H17NO3. The third-order valence-electron chi connectivity index (χ3n) is 3.46. The van der Waals surface area contributed by atoms with Crippen LogP contribution in [0.25, 0.3) is 0 Å². The van der Waals surface area contributed by atoms with Crippen LogP contribution >= 0.6 is 0 Å². The van der Waals surface area contributed by atoms with Crippen molar-refractivity contribution >= 4 is 0 Å². The zero-order chi connectivity index (χ0) is 9.59. The molecule has 0 saturated carbocycles. The number of aliphatic hydroxyl groups excluding tert-OH is 3. The molecule has 0 aromatic carbocycles. The van der Waals surface area contributed by atoms with E-state index in [2.05, 4.69) is 4.90 Å². The molecule has 4 nitrogen and oxygen atoms in total. The Bertz CT molecular complexity index is 195. The highest BCUT2D eigenvalue weighted by Crippen LogP contribution is 2.32. The highest BCUT2D eigenvalue weighted by Gasteiger charge is 2.44. The van der Waals surface area contributed by atoms with E-state index in [1.165, 1.54) is 0 Å². The maximum absolute atomic E-state index is 9.67. The third-order valence-corrected chi connectivity index (χ3v) is 3.46. The van der Waals surface area contributed by atoms with Gasteiger partial charge in [0, 0.05) is 12.1 Å². The lowest BCUT2D eigenvalue weighted by Crippen LogP contribution is -2.62. The Morgan fingerprint density at radius 3 is 2.46 bits per heavy atom. The van der Waals surface area contributed by atoms with Crippen LogP contribution in [0.15, 0.2) is 0 Å². The van der Waals surface area contributed by atoms with Gasteiger partial charge < -0.3 is 15.3 Å². The smallest absolute Gasteiger partial charge is 0.0955 e. The molecule has 4 heteroatoms. The molecule has 2 heterocycles. The highest BCUT2D eigenvalue weighted by molar-refractivity contribution is 4.98. The molecule has 0 aliphatic carbocycles. The number of aliphatic hydroxyl groups is 3. The fraction of sp³-hybridized carbons (Fsp3) is 1.00. The zero-order valence-electron chi connectivity index (χ0n) is 7.80. The van der Waals surface area contributed by atoms with Gasteiger partial charge in [-0.15, -0.1) is 0 Å². The van der Waals surface area contributed by atoms with Crippen LogP contribution in [0.5, 0.6) is 0 Å². The maximum atomic E-state index is 9.67. The first-order valence-electron chi connectivity index (χ1n) is 4.85. The van der Waals surface area contributed by atoms with Gasteiger partial charge in [0.25, 0.3) is 0 Å². The second-order valence-corrected chi connectivity index (χ2v) is 4.31. The summed E-state index contributed by atoms with van der Waals surface area (Å²) in [6, 6.07) is 0.157. The minimum atomic E-state index is -0.698. The van der Waals surface area contributed by atoms with E-state index < -0.39 is 12.2 Å². The molecule has 0 radical (unpaired) electrons. The summed E-state index contributed by atoms with van der Waals surface area (Å²) in [6.07, 6.45) is 0.246. The molecule has 0 aromatic rings. The summed E-state index contributed by atoms with van der Waals surface area (Å²) in [5.74, 6) is 0. The summed E-state index contributed by atoms with van der Waals surface area (Å²) in [7, 11) is 1.95. The van der Waals surface area contributed by atoms with Crippen LogP contribution < -0.4 is 0 Å². The normalized spacial score (nSPS) is 52.2. The number of fused-ring (bicyclic) bond motifs is 2. The third kappa shape index (κ3) is 1.48. The van der Waals surface area contributed by atoms with Gasteiger partial charge in [-0.1, -0.05) is 0 Å². The summed E-state index contributed by atoms with van der Waals surface area (Å²) in [5, 5.41) is 28.7. The van der Waals surface area contributed by atoms with Crippen LogP contribution in [-0.2, 0) is 0 Å². The van der Waals surface area contributed by atoms with Crippen LogP contribution in [0.4, 0.5) is 0 Å². The van der Waals surface area contributed by atoms with Crippen molar-refractivity contribution in [2.75, 3.05) is 7.05 Å². The number of piperidine rings is 2. The summed E-state index contributed by atoms with van der Waals surface area (Å²) in [6.45, 7) is 0. The molecule has 2 fully saturated rings. The van der Waals surface area contributed by atoms with Gasteiger partial charge in [0.05, 0.1) is 18.3 Å². The van der Waals surface area contributed by atoms with Crippen molar-refractivity contribution in [2.24, 2.45) is 0 Å². The molecule has 0 aromatic heterocycles. The fourth-order valence-electron chi connectivity index (χ4n) is 2.61. The molecule has 5 atom stereocenters. The molecule has 2 aliphatic rings. The van der Waals surface area contributed by atoms with Crippen LogP contribution in [0.1, 0.15) is 19.3 Å². The predicted molar refractivity (Wildman–Crippen MR) is 47.2 cm³/mol. The lowest BCUT2D eigenvalue weighted by Gasteiger charge is -2.49. The average molecular weight is 187 g/mol. The van der Waals surface area contributed by atoms with E-state index in [-0.39, 0.29) is 18.2 Å². The first-order valence-corrected chi connectivity index (χ1v) is 4.85. The van der Waals surface area contributed by atoms with E-state index in [1.54, 1.807) is 0 Å². The lowest BCUT2D eigenvalue weighted by molar-refractivity contribution is -0.129. The second kappa shape index (κ2) is 3.20. The number of rotatable bonds is 0. The van der Waals surface area contributed by atoms with Gasteiger partial charge in [0.2, 0.25) is 0 Å². The Labute approximate surface area is 77.8 Å². The number of nitrogens with zero attached hydrogens (tertiary/aromatic N) is 1. The summed E-state index contributed by atoms with van der Waals surface area (Å²) >= 11 is 0. The Balaban J connectivity index is 2.15. The monoisotopic (exact) mass is 187 g/mol. The molecule has 2 bridgehead atoms. The van der Waals surface area contributed by atoms with Gasteiger partial charge in [0.1, 0.15) is 0 Å². The lowest BCUT2D eigenvalue weighted by atomic mass is 9.80. The molecule has 13 heavy (non-hydrogen) atoms. The topological polar surface area (TPSA) is 63.9 Å². The second-order valence-electron chi connectivity index (χ2n) is 4.31. The van der Waals surface area contributed by atoms with Gasteiger partial charge in [-0.05, 0) is 26.3 Å². The van der Waals surface area contributed by atoms with Crippen molar-refractivity contribution in [1.82, 2.24) is 4.90 Å². The molecule has 2 aliphatic heterocycles. The van der Waals surface area contributed by atoms with Crippen molar-refractivity contribution in [2.45, 2.75) is 49.7 Å². The van der Waals surface area contributed by atoms with Gasteiger partial charge >= 0.3 is 0 Å². The van der Waals surface area contributed by atoms with Gasteiger partial charge in [-0.3, -0.25) is 4.90 Å². The zero-order valence-corrected chi connectivity index (χ0v) is 7.80. The molecular weight excluding hydrogens is 170 g/mol. The molecule has 2 saturated heterocycles. The Hall–Kier alpha value is -0.160. The van der Waals surface area contributed by atoms with Gasteiger partial charge in [0.15, 0.2) is 0 Å². The van der Waals surface area contributed by atoms with Crippen molar-refractivity contribution in [3.63, 3.8) is 0 Å².